The first-order valence-electron chi connectivity index (χ1n) is 7.55. The Labute approximate surface area is 119 Å². The molecule has 2 atom stereocenters. The van der Waals surface area contributed by atoms with Crippen molar-refractivity contribution in [2.45, 2.75) is 44.2 Å². The average Bonchev–Trinajstić information content (AvgIpc) is 2.38. The number of hydrogen-bond donors (Lipinski definition) is 2. The summed E-state index contributed by atoms with van der Waals surface area (Å²) in [6.45, 7) is 2.50. The van der Waals surface area contributed by atoms with Crippen LogP contribution in [-0.2, 0) is 6.54 Å². The van der Waals surface area contributed by atoms with E-state index in [0.717, 1.165) is 44.3 Å². The number of nitrogens with two attached hydrogens (primary N) is 1. The minimum Gasteiger partial charge on any atom is -0.399 e. The lowest BCUT2D eigenvalue weighted by Crippen LogP contribution is -2.52. The Morgan fingerprint density at radius 1 is 1.30 bits per heavy atom. The fourth-order valence-corrected chi connectivity index (χ4v) is 3.81. The monoisotopic (exact) mass is 278 g/mol. The molecule has 1 aromatic carbocycles. The molecule has 1 heterocycles. The van der Waals surface area contributed by atoms with Crippen molar-refractivity contribution < 1.29 is 9.50 Å². The standard InChI is InChI=1S/C16H23FN2O/c17-14-7-12(8-15(18)9-14)10-19-6-5-16(20)4-2-1-3-13(16)11-19/h7-9,13,20H,1-6,10-11,18H2. The first kappa shape index (κ1) is 13.8. The molecule has 0 bridgehead atoms. The summed E-state index contributed by atoms with van der Waals surface area (Å²) in [5, 5.41) is 10.7. The number of rotatable bonds is 2. The maximum absolute atomic E-state index is 13.4. The predicted octanol–water partition coefficient (Wildman–Crippen LogP) is 2.53. The zero-order valence-corrected chi connectivity index (χ0v) is 11.8. The summed E-state index contributed by atoms with van der Waals surface area (Å²) in [7, 11) is 0. The number of nitrogen functional groups attached to an aromatic ring is 1. The number of likely N-dealkylation sites (tertiary alicyclic amines) is 1. The molecule has 3 rings (SSSR count). The van der Waals surface area contributed by atoms with E-state index >= 15 is 0 Å². The minimum absolute atomic E-state index is 0.272. The summed E-state index contributed by atoms with van der Waals surface area (Å²) < 4.78 is 13.4. The SMILES string of the molecule is Nc1cc(F)cc(CN2CCC3(O)CCCCC3C2)c1. The van der Waals surface area contributed by atoms with E-state index in [0.29, 0.717) is 18.2 Å². The molecule has 1 aliphatic carbocycles. The molecule has 110 valence electrons. The molecule has 2 fully saturated rings. The van der Waals surface area contributed by atoms with Gasteiger partial charge in [-0.1, -0.05) is 12.8 Å². The van der Waals surface area contributed by atoms with Crippen molar-refractivity contribution in [3.8, 4) is 0 Å². The summed E-state index contributed by atoms with van der Waals surface area (Å²) in [4.78, 5) is 2.32. The van der Waals surface area contributed by atoms with Gasteiger partial charge >= 0.3 is 0 Å². The fourth-order valence-electron chi connectivity index (χ4n) is 3.81. The van der Waals surface area contributed by atoms with E-state index < -0.39 is 5.60 Å². The van der Waals surface area contributed by atoms with Crippen LogP contribution in [-0.4, -0.2) is 28.7 Å². The van der Waals surface area contributed by atoms with Crippen LogP contribution in [0, 0.1) is 11.7 Å². The zero-order valence-electron chi connectivity index (χ0n) is 11.8. The van der Waals surface area contributed by atoms with Crippen molar-refractivity contribution in [2.75, 3.05) is 18.8 Å². The van der Waals surface area contributed by atoms with Crippen LogP contribution >= 0.6 is 0 Å². The van der Waals surface area contributed by atoms with Crippen LogP contribution in [0.4, 0.5) is 10.1 Å². The van der Waals surface area contributed by atoms with Crippen LogP contribution in [0.3, 0.4) is 0 Å². The van der Waals surface area contributed by atoms with Crippen molar-refractivity contribution in [1.82, 2.24) is 4.90 Å². The van der Waals surface area contributed by atoms with Crippen LogP contribution < -0.4 is 5.73 Å². The van der Waals surface area contributed by atoms with Gasteiger partial charge in [0.25, 0.3) is 0 Å². The topological polar surface area (TPSA) is 49.5 Å². The zero-order chi connectivity index (χ0) is 14.2. The number of halogens is 1. The third-order valence-corrected chi connectivity index (χ3v) is 4.90. The van der Waals surface area contributed by atoms with Crippen LogP contribution in [0.25, 0.3) is 0 Å². The molecular weight excluding hydrogens is 255 g/mol. The van der Waals surface area contributed by atoms with E-state index in [1.165, 1.54) is 12.5 Å². The summed E-state index contributed by atoms with van der Waals surface area (Å²) in [5.41, 5.74) is 6.64. The molecule has 1 saturated heterocycles. The molecule has 1 aromatic rings. The molecule has 0 spiro atoms. The maximum atomic E-state index is 13.4. The molecule has 0 amide bonds. The average molecular weight is 278 g/mol. The maximum Gasteiger partial charge on any atom is 0.125 e. The third kappa shape index (κ3) is 2.81. The molecule has 0 radical (unpaired) electrons. The number of nitrogens with zero attached hydrogens (tertiary/aromatic N) is 1. The summed E-state index contributed by atoms with van der Waals surface area (Å²) in [6, 6.07) is 4.74. The van der Waals surface area contributed by atoms with Gasteiger partial charge < -0.3 is 10.8 Å². The predicted molar refractivity (Wildman–Crippen MR) is 77.6 cm³/mol. The lowest BCUT2D eigenvalue weighted by molar-refractivity contribution is -0.0968. The molecule has 20 heavy (non-hydrogen) atoms. The first-order chi connectivity index (χ1) is 9.55. The minimum atomic E-state index is -0.449. The van der Waals surface area contributed by atoms with E-state index in [4.69, 9.17) is 5.73 Å². The molecule has 2 unspecified atom stereocenters. The van der Waals surface area contributed by atoms with Gasteiger partial charge in [0.05, 0.1) is 5.60 Å². The largest absolute Gasteiger partial charge is 0.399 e. The van der Waals surface area contributed by atoms with Gasteiger partial charge in [-0.2, -0.15) is 0 Å². The first-order valence-corrected chi connectivity index (χ1v) is 7.55. The highest BCUT2D eigenvalue weighted by atomic mass is 19.1. The van der Waals surface area contributed by atoms with Gasteiger partial charge in [0.2, 0.25) is 0 Å². The van der Waals surface area contributed by atoms with Gasteiger partial charge in [-0.05, 0) is 43.0 Å². The summed E-state index contributed by atoms with van der Waals surface area (Å²) in [6.07, 6.45) is 5.25. The van der Waals surface area contributed by atoms with Gasteiger partial charge in [-0.25, -0.2) is 4.39 Å². The Hall–Kier alpha value is -1.13. The molecule has 3 N–H and O–H groups in total. The van der Waals surface area contributed by atoms with Crippen molar-refractivity contribution in [3.63, 3.8) is 0 Å². The molecule has 2 aliphatic rings. The number of benzene rings is 1. The van der Waals surface area contributed by atoms with E-state index in [1.807, 2.05) is 6.07 Å². The second kappa shape index (κ2) is 5.34. The van der Waals surface area contributed by atoms with Crippen LogP contribution in [0.5, 0.6) is 0 Å². The van der Waals surface area contributed by atoms with E-state index in [-0.39, 0.29) is 5.82 Å². The smallest absolute Gasteiger partial charge is 0.125 e. The summed E-state index contributed by atoms with van der Waals surface area (Å²) in [5.74, 6) is 0.0992. The van der Waals surface area contributed by atoms with Crippen LogP contribution in [0.1, 0.15) is 37.7 Å². The molecule has 0 aromatic heterocycles. The normalized spacial score (nSPS) is 31.0. The van der Waals surface area contributed by atoms with Crippen LogP contribution in [0.15, 0.2) is 18.2 Å². The number of piperidine rings is 1. The van der Waals surface area contributed by atoms with Gasteiger partial charge in [0, 0.05) is 31.2 Å². The third-order valence-electron chi connectivity index (χ3n) is 4.90. The van der Waals surface area contributed by atoms with E-state index in [2.05, 4.69) is 4.90 Å². The van der Waals surface area contributed by atoms with Gasteiger partial charge in [0.15, 0.2) is 0 Å². The molecular formula is C16H23FN2O. The van der Waals surface area contributed by atoms with E-state index in [1.54, 1.807) is 6.07 Å². The van der Waals surface area contributed by atoms with E-state index in [9.17, 15) is 9.50 Å². The highest BCUT2D eigenvalue weighted by molar-refractivity contribution is 5.41. The van der Waals surface area contributed by atoms with Gasteiger partial charge in [-0.15, -0.1) is 0 Å². The fraction of sp³-hybridized carbons (Fsp3) is 0.625. The van der Waals surface area contributed by atoms with Crippen LogP contribution in [0.2, 0.25) is 0 Å². The number of aliphatic hydroxyl groups is 1. The van der Waals surface area contributed by atoms with Crippen molar-refractivity contribution in [2.24, 2.45) is 5.92 Å². The highest BCUT2D eigenvalue weighted by Gasteiger charge is 2.42. The number of anilines is 1. The molecule has 1 aliphatic heterocycles. The lowest BCUT2D eigenvalue weighted by atomic mass is 9.71. The Kier molecular flexibility index (Phi) is 3.69. The van der Waals surface area contributed by atoms with Crippen molar-refractivity contribution in [1.29, 1.82) is 0 Å². The van der Waals surface area contributed by atoms with Gasteiger partial charge in [-0.3, -0.25) is 4.90 Å². The Morgan fingerprint density at radius 2 is 2.15 bits per heavy atom. The highest BCUT2D eigenvalue weighted by Crippen LogP contribution is 2.40. The van der Waals surface area contributed by atoms with Gasteiger partial charge in [0.1, 0.15) is 5.82 Å². The Morgan fingerprint density at radius 3 is 2.95 bits per heavy atom. The van der Waals surface area contributed by atoms with Crippen molar-refractivity contribution in [3.05, 3.63) is 29.6 Å². The summed E-state index contributed by atoms with van der Waals surface area (Å²) >= 11 is 0. The molecule has 1 saturated carbocycles. The molecule has 4 heteroatoms. The Bertz CT molecular complexity index is 473. The second-order valence-electron chi connectivity index (χ2n) is 6.42. The number of hydrogen-bond acceptors (Lipinski definition) is 3. The number of fused-ring (bicyclic) bond motifs is 1. The quantitative estimate of drug-likeness (QED) is 0.817. The molecule has 3 nitrogen and oxygen atoms in total. The lowest BCUT2D eigenvalue weighted by Gasteiger charge is -2.47. The second-order valence-corrected chi connectivity index (χ2v) is 6.42. The Balaban J connectivity index is 1.67. The van der Waals surface area contributed by atoms with Crippen molar-refractivity contribution >= 4 is 5.69 Å².